The van der Waals surface area contributed by atoms with Crippen molar-refractivity contribution in [3.63, 3.8) is 0 Å². The fraction of sp³-hybridized carbons (Fsp3) is 0.944. The smallest absolute Gasteiger partial charge is 0.0612 e. The number of unbranched alkanes of at least 4 members (excludes halogenated alkanes) is 24. The lowest BCUT2D eigenvalue weighted by molar-refractivity contribution is 0.0357. The predicted octanol–water partition coefficient (Wildman–Crippen LogP) is 12.3. The Morgan fingerprint density at radius 2 is 0.816 bits per heavy atom. The SMILES string of the molecule is CCCCCCCCCCCCCCCCOC(CCCCCCCC)CCCCCCCCC=CCO. The zero-order valence-corrected chi connectivity index (χ0v) is 26.5. The molecular weight excluding hydrogens is 464 g/mol. The number of allylic oxidation sites excluding steroid dienone is 1. The molecule has 0 saturated heterocycles. The van der Waals surface area contributed by atoms with E-state index in [1.165, 1.54) is 180 Å². The Bertz CT molecular complexity index is 433. The van der Waals surface area contributed by atoms with Gasteiger partial charge in [-0.1, -0.05) is 180 Å². The second kappa shape index (κ2) is 34.7. The minimum absolute atomic E-state index is 0.182. The summed E-state index contributed by atoms with van der Waals surface area (Å²) < 4.78 is 6.43. The normalized spacial score (nSPS) is 12.6. The van der Waals surface area contributed by atoms with Gasteiger partial charge in [-0.25, -0.2) is 0 Å². The summed E-state index contributed by atoms with van der Waals surface area (Å²) >= 11 is 0. The number of aliphatic hydroxyl groups is 1. The molecule has 0 aromatic carbocycles. The van der Waals surface area contributed by atoms with Gasteiger partial charge in [-0.3, -0.25) is 0 Å². The van der Waals surface area contributed by atoms with Crippen LogP contribution in [0.25, 0.3) is 0 Å². The van der Waals surface area contributed by atoms with Gasteiger partial charge in [-0.05, 0) is 32.1 Å². The molecule has 0 aromatic heterocycles. The van der Waals surface area contributed by atoms with Crippen molar-refractivity contribution < 1.29 is 9.84 Å². The monoisotopic (exact) mass is 537 g/mol. The first-order valence-corrected chi connectivity index (χ1v) is 17.7. The van der Waals surface area contributed by atoms with Crippen molar-refractivity contribution >= 4 is 0 Å². The quantitative estimate of drug-likeness (QED) is 0.0667. The van der Waals surface area contributed by atoms with E-state index in [0.29, 0.717) is 6.10 Å². The van der Waals surface area contributed by atoms with Gasteiger partial charge >= 0.3 is 0 Å². The molecule has 0 bridgehead atoms. The van der Waals surface area contributed by atoms with E-state index in [-0.39, 0.29) is 6.61 Å². The van der Waals surface area contributed by atoms with Crippen LogP contribution in [0.15, 0.2) is 12.2 Å². The van der Waals surface area contributed by atoms with Crippen LogP contribution in [0, 0.1) is 0 Å². The first-order valence-electron chi connectivity index (χ1n) is 17.7. The van der Waals surface area contributed by atoms with E-state index in [0.717, 1.165) is 13.0 Å². The average molecular weight is 537 g/mol. The number of hydrogen-bond acceptors (Lipinski definition) is 2. The van der Waals surface area contributed by atoms with E-state index in [4.69, 9.17) is 9.84 Å². The molecule has 0 aliphatic rings. The van der Waals surface area contributed by atoms with Gasteiger partial charge in [0.2, 0.25) is 0 Å². The van der Waals surface area contributed by atoms with E-state index in [1.54, 1.807) is 0 Å². The summed E-state index contributed by atoms with van der Waals surface area (Å²) in [6, 6.07) is 0. The van der Waals surface area contributed by atoms with E-state index in [1.807, 2.05) is 6.08 Å². The number of aliphatic hydroxyl groups excluding tert-OH is 1. The molecule has 1 atom stereocenters. The molecule has 0 amide bonds. The van der Waals surface area contributed by atoms with Crippen LogP contribution in [-0.2, 0) is 4.74 Å². The third kappa shape index (κ3) is 31.9. The third-order valence-electron chi connectivity index (χ3n) is 8.15. The van der Waals surface area contributed by atoms with Crippen molar-refractivity contribution in [2.75, 3.05) is 13.2 Å². The van der Waals surface area contributed by atoms with Crippen molar-refractivity contribution in [1.29, 1.82) is 0 Å². The topological polar surface area (TPSA) is 29.5 Å². The lowest BCUT2D eigenvalue weighted by Crippen LogP contribution is -2.14. The lowest BCUT2D eigenvalue weighted by atomic mass is 10.0. The molecule has 1 N–H and O–H groups in total. The third-order valence-corrected chi connectivity index (χ3v) is 8.15. The summed E-state index contributed by atoms with van der Waals surface area (Å²) in [5, 5.41) is 8.78. The molecule has 0 aliphatic carbocycles. The van der Waals surface area contributed by atoms with Gasteiger partial charge in [-0.2, -0.15) is 0 Å². The fourth-order valence-electron chi connectivity index (χ4n) is 5.54. The van der Waals surface area contributed by atoms with Gasteiger partial charge in [0.1, 0.15) is 0 Å². The van der Waals surface area contributed by atoms with Crippen molar-refractivity contribution in [2.24, 2.45) is 0 Å². The molecule has 0 fully saturated rings. The van der Waals surface area contributed by atoms with Crippen LogP contribution in [0.5, 0.6) is 0 Å². The second-order valence-corrected chi connectivity index (χ2v) is 12.0. The summed E-state index contributed by atoms with van der Waals surface area (Å²) in [4.78, 5) is 0. The molecule has 1 unspecified atom stereocenters. The molecule has 0 rings (SSSR count). The fourth-order valence-corrected chi connectivity index (χ4v) is 5.54. The van der Waals surface area contributed by atoms with Crippen LogP contribution in [0.4, 0.5) is 0 Å². The molecule has 0 saturated carbocycles. The van der Waals surface area contributed by atoms with Crippen LogP contribution in [0.2, 0.25) is 0 Å². The Morgan fingerprint density at radius 1 is 0.447 bits per heavy atom. The summed E-state index contributed by atoms with van der Waals surface area (Å²) in [7, 11) is 0. The first-order chi connectivity index (χ1) is 18.8. The molecule has 0 heterocycles. The minimum atomic E-state index is 0.182. The summed E-state index contributed by atoms with van der Waals surface area (Å²) in [6.45, 7) is 5.77. The van der Waals surface area contributed by atoms with Gasteiger partial charge < -0.3 is 9.84 Å². The predicted molar refractivity (Wildman–Crippen MR) is 171 cm³/mol. The molecule has 0 spiro atoms. The van der Waals surface area contributed by atoms with Gasteiger partial charge in [-0.15, -0.1) is 0 Å². The van der Waals surface area contributed by atoms with Gasteiger partial charge in [0.25, 0.3) is 0 Å². The molecular formula is C36H72O2. The molecule has 228 valence electrons. The van der Waals surface area contributed by atoms with E-state index < -0.39 is 0 Å². The largest absolute Gasteiger partial charge is 0.392 e. The lowest BCUT2D eigenvalue weighted by Gasteiger charge is -2.18. The maximum atomic E-state index is 8.78. The average Bonchev–Trinajstić information content (AvgIpc) is 2.93. The summed E-state index contributed by atoms with van der Waals surface area (Å²) in [6.07, 6.45) is 44.4. The maximum absolute atomic E-state index is 8.78. The summed E-state index contributed by atoms with van der Waals surface area (Å²) in [5.74, 6) is 0. The Balaban J connectivity index is 3.75. The molecule has 0 aromatic rings. The highest BCUT2D eigenvalue weighted by Gasteiger charge is 2.09. The van der Waals surface area contributed by atoms with Crippen molar-refractivity contribution in [2.45, 2.75) is 206 Å². The van der Waals surface area contributed by atoms with Gasteiger partial charge in [0.05, 0.1) is 12.7 Å². The second-order valence-electron chi connectivity index (χ2n) is 12.0. The zero-order chi connectivity index (χ0) is 27.6. The van der Waals surface area contributed by atoms with Crippen molar-refractivity contribution in [3.8, 4) is 0 Å². The molecule has 0 aliphatic heterocycles. The Kier molecular flexibility index (Phi) is 34.4. The highest BCUT2D eigenvalue weighted by atomic mass is 16.5. The molecule has 38 heavy (non-hydrogen) atoms. The zero-order valence-electron chi connectivity index (χ0n) is 26.5. The molecule has 0 radical (unpaired) electrons. The Hall–Kier alpha value is -0.340. The van der Waals surface area contributed by atoms with Crippen molar-refractivity contribution in [3.05, 3.63) is 12.2 Å². The standard InChI is InChI=1S/C36H72O2/c1-3-5-7-9-11-12-13-14-15-16-20-23-27-31-35-38-36(32-28-24-10-8-6-4-2)33-29-25-21-18-17-19-22-26-30-34-37/h26,30,36-37H,3-25,27-29,31-35H2,1-2H3. The minimum Gasteiger partial charge on any atom is -0.392 e. The molecule has 2 heteroatoms. The van der Waals surface area contributed by atoms with Crippen LogP contribution in [-0.4, -0.2) is 24.4 Å². The first kappa shape index (κ1) is 37.7. The summed E-state index contributed by atoms with van der Waals surface area (Å²) in [5.41, 5.74) is 0. The van der Waals surface area contributed by atoms with Crippen LogP contribution >= 0.6 is 0 Å². The van der Waals surface area contributed by atoms with Gasteiger partial charge in [0, 0.05) is 6.61 Å². The van der Waals surface area contributed by atoms with Crippen molar-refractivity contribution in [1.82, 2.24) is 0 Å². The van der Waals surface area contributed by atoms with Gasteiger partial charge in [0.15, 0.2) is 0 Å². The molecule has 2 nitrogen and oxygen atoms in total. The van der Waals surface area contributed by atoms with E-state index >= 15 is 0 Å². The number of rotatable bonds is 33. The van der Waals surface area contributed by atoms with Crippen LogP contribution in [0.1, 0.15) is 200 Å². The van der Waals surface area contributed by atoms with Crippen LogP contribution < -0.4 is 0 Å². The Morgan fingerprint density at radius 3 is 1.24 bits per heavy atom. The van der Waals surface area contributed by atoms with Crippen LogP contribution in [0.3, 0.4) is 0 Å². The van der Waals surface area contributed by atoms with E-state index in [9.17, 15) is 0 Å². The maximum Gasteiger partial charge on any atom is 0.0612 e. The highest BCUT2D eigenvalue weighted by molar-refractivity contribution is 4.80. The number of ether oxygens (including phenoxy) is 1. The van der Waals surface area contributed by atoms with E-state index in [2.05, 4.69) is 19.9 Å². The Labute approximate surface area is 241 Å². The number of hydrogen-bond donors (Lipinski definition) is 1. The highest BCUT2D eigenvalue weighted by Crippen LogP contribution is 2.18.